The Balaban J connectivity index is 2.34. The van der Waals surface area contributed by atoms with E-state index in [4.69, 9.17) is 15.3 Å². The summed E-state index contributed by atoms with van der Waals surface area (Å²) >= 11 is 1.09. The van der Waals surface area contributed by atoms with Gasteiger partial charge >= 0.3 is 5.97 Å². The van der Waals surface area contributed by atoms with E-state index in [1.54, 1.807) is 4.57 Å². The Hall–Kier alpha value is -1.96. The Morgan fingerprint density at radius 1 is 1.55 bits per heavy atom. The summed E-state index contributed by atoms with van der Waals surface area (Å²) in [5.41, 5.74) is 6.82. The third-order valence-corrected chi connectivity index (χ3v) is 3.86. The molecule has 0 bridgehead atoms. The molecular weight excluding hydrogens is 280 g/mol. The number of carboxylic acid groups (broad SMARTS) is 1. The van der Waals surface area contributed by atoms with Crippen molar-refractivity contribution < 1.29 is 14.3 Å². The molecule has 3 N–H and O–H groups in total. The quantitative estimate of drug-likeness (QED) is 0.811. The second kappa shape index (κ2) is 5.58. The average molecular weight is 296 g/mol. The number of carboxylic acids is 1. The van der Waals surface area contributed by atoms with Gasteiger partial charge in [-0.2, -0.15) is 0 Å². The van der Waals surface area contributed by atoms with E-state index >= 15 is 0 Å². The fourth-order valence-corrected chi connectivity index (χ4v) is 2.82. The minimum atomic E-state index is -0.911. The van der Waals surface area contributed by atoms with Gasteiger partial charge in [0.05, 0.1) is 11.8 Å². The summed E-state index contributed by atoms with van der Waals surface area (Å²) < 4.78 is 7.23. The molecule has 0 aliphatic rings. The van der Waals surface area contributed by atoms with Crippen LogP contribution >= 0.6 is 11.8 Å². The Bertz CT molecular complexity index is 635. The molecule has 0 amide bonds. The van der Waals surface area contributed by atoms with E-state index in [9.17, 15) is 4.79 Å². The highest BCUT2D eigenvalue weighted by molar-refractivity contribution is 7.99. The van der Waals surface area contributed by atoms with E-state index in [1.807, 2.05) is 26.8 Å². The summed E-state index contributed by atoms with van der Waals surface area (Å²) in [6, 6.07) is 1.81. The summed E-state index contributed by atoms with van der Waals surface area (Å²) in [5, 5.41) is 17.0. The van der Waals surface area contributed by atoms with E-state index in [-0.39, 0.29) is 17.7 Å². The lowest BCUT2D eigenvalue weighted by atomic mass is 10.1. The molecule has 0 aliphatic heterocycles. The second-order valence-electron chi connectivity index (χ2n) is 4.44. The normalized spacial score (nSPS) is 12.6. The molecule has 2 aromatic rings. The summed E-state index contributed by atoms with van der Waals surface area (Å²) in [6.45, 7) is 5.70. The van der Waals surface area contributed by atoms with Gasteiger partial charge in [0.25, 0.3) is 0 Å². The van der Waals surface area contributed by atoms with Crippen molar-refractivity contribution in [3.63, 3.8) is 0 Å². The van der Waals surface area contributed by atoms with Gasteiger partial charge in [-0.3, -0.25) is 9.36 Å². The lowest BCUT2D eigenvalue weighted by molar-refractivity contribution is -0.133. The van der Waals surface area contributed by atoms with Gasteiger partial charge in [-0.1, -0.05) is 11.8 Å². The number of thioether (sulfide) groups is 1. The summed E-state index contributed by atoms with van der Waals surface area (Å²) in [6.07, 6.45) is 0. The minimum Gasteiger partial charge on any atom is -0.481 e. The van der Waals surface area contributed by atoms with Crippen LogP contribution in [0, 0.1) is 13.8 Å². The molecule has 20 heavy (non-hydrogen) atoms. The van der Waals surface area contributed by atoms with Crippen molar-refractivity contribution in [1.82, 2.24) is 14.8 Å². The molecule has 8 heteroatoms. The number of aryl methyl sites for hydroxylation is 2. The van der Waals surface area contributed by atoms with E-state index in [2.05, 4.69) is 10.2 Å². The number of carbonyl (C=O) groups is 1. The van der Waals surface area contributed by atoms with E-state index in [0.717, 1.165) is 28.8 Å². The molecule has 0 radical (unpaired) electrons. The number of aromatic nitrogens is 3. The first-order valence-corrected chi connectivity index (χ1v) is 7.00. The molecule has 108 valence electrons. The standard InChI is InChI=1S/C12H16N4O3S/c1-6-4-9(8(3)19-6)7(2)16-11(13)14-15-12(16)20-5-10(17)18/h4,7H,5H2,1-3H3,(H2,13,14)(H,17,18). The fraction of sp³-hybridized carbons (Fsp3) is 0.417. The van der Waals surface area contributed by atoms with Gasteiger partial charge in [0.15, 0.2) is 5.16 Å². The zero-order valence-corrected chi connectivity index (χ0v) is 12.3. The molecule has 0 spiro atoms. The van der Waals surface area contributed by atoms with Crippen molar-refractivity contribution in [2.45, 2.75) is 32.0 Å². The number of hydrogen-bond acceptors (Lipinski definition) is 6. The molecule has 0 aliphatic carbocycles. The molecule has 2 rings (SSSR count). The fourth-order valence-electron chi connectivity index (χ4n) is 2.08. The molecule has 0 saturated carbocycles. The van der Waals surface area contributed by atoms with Gasteiger partial charge < -0.3 is 15.3 Å². The lowest BCUT2D eigenvalue weighted by Gasteiger charge is -2.15. The molecule has 1 unspecified atom stereocenters. The third kappa shape index (κ3) is 2.79. The Morgan fingerprint density at radius 2 is 2.25 bits per heavy atom. The summed E-state index contributed by atoms with van der Waals surface area (Å²) in [7, 11) is 0. The highest BCUT2D eigenvalue weighted by Crippen LogP contribution is 2.30. The van der Waals surface area contributed by atoms with Crippen LogP contribution in [0.15, 0.2) is 15.6 Å². The molecule has 1 atom stereocenters. The largest absolute Gasteiger partial charge is 0.481 e. The second-order valence-corrected chi connectivity index (χ2v) is 5.38. The van der Waals surface area contributed by atoms with Crippen LogP contribution in [0.1, 0.15) is 30.0 Å². The van der Waals surface area contributed by atoms with E-state index < -0.39 is 5.97 Å². The van der Waals surface area contributed by atoms with Crippen molar-refractivity contribution in [3.8, 4) is 0 Å². The molecule has 2 heterocycles. The van der Waals surface area contributed by atoms with Gasteiger partial charge in [-0.05, 0) is 26.8 Å². The molecule has 0 fully saturated rings. The van der Waals surface area contributed by atoms with Crippen LogP contribution in [-0.4, -0.2) is 31.6 Å². The number of nitrogens with zero attached hydrogens (tertiary/aromatic N) is 3. The number of nitrogen functional groups attached to an aromatic ring is 1. The molecule has 0 aromatic carbocycles. The first-order chi connectivity index (χ1) is 9.40. The predicted octanol–water partition coefficient (Wildman–Crippen LogP) is 1.86. The maximum absolute atomic E-state index is 10.7. The topological polar surface area (TPSA) is 107 Å². The zero-order chi connectivity index (χ0) is 14.9. The lowest BCUT2D eigenvalue weighted by Crippen LogP contribution is -2.12. The minimum absolute atomic E-state index is 0.0890. The molecule has 7 nitrogen and oxygen atoms in total. The first-order valence-electron chi connectivity index (χ1n) is 6.02. The Morgan fingerprint density at radius 3 is 2.80 bits per heavy atom. The van der Waals surface area contributed by atoms with Crippen molar-refractivity contribution in [1.29, 1.82) is 0 Å². The smallest absolute Gasteiger partial charge is 0.313 e. The summed E-state index contributed by atoms with van der Waals surface area (Å²) in [5.74, 6) is 0.872. The van der Waals surface area contributed by atoms with Crippen LogP contribution in [0.3, 0.4) is 0 Å². The maximum atomic E-state index is 10.7. The van der Waals surface area contributed by atoms with Crippen molar-refractivity contribution in [3.05, 3.63) is 23.2 Å². The average Bonchev–Trinajstić information content (AvgIpc) is 2.89. The van der Waals surface area contributed by atoms with Crippen LogP contribution in [0.5, 0.6) is 0 Å². The number of anilines is 1. The van der Waals surface area contributed by atoms with Gasteiger partial charge in [-0.15, -0.1) is 10.2 Å². The van der Waals surface area contributed by atoms with Crippen molar-refractivity contribution in [2.75, 3.05) is 11.5 Å². The maximum Gasteiger partial charge on any atom is 0.313 e. The van der Waals surface area contributed by atoms with Gasteiger partial charge in [0, 0.05) is 5.56 Å². The number of furan rings is 1. The van der Waals surface area contributed by atoms with Crippen LogP contribution < -0.4 is 5.73 Å². The predicted molar refractivity (Wildman–Crippen MR) is 74.8 cm³/mol. The highest BCUT2D eigenvalue weighted by atomic mass is 32.2. The van der Waals surface area contributed by atoms with Gasteiger partial charge in [0.2, 0.25) is 5.95 Å². The van der Waals surface area contributed by atoms with Crippen LogP contribution in [0.2, 0.25) is 0 Å². The number of hydrogen-bond donors (Lipinski definition) is 2. The number of rotatable bonds is 5. The molecular formula is C12H16N4O3S. The van der Waals surface area contributed by atoms with Crippen molar-refractivity contribution >= 4 is 23.7 Å². The number of nitrogens with two attached hydrogens (primary N) is 1. The van der Waals surface area contributed by atoms with Crippen LogP contribution in [-0.2, 0) is 4.79 Å². The van der Waals surface area contributed by atoms with Crippen LogP contribution in [0.4, 0.5) is 5.95 Å². The van der Waals surface area contributed by atoms with E-state index in [0.29, 0.717) is 5.16 Å². The Labute approximate surface area is 120 Å². The summed E-state index contributed by atoms with van der Waals surface area (Å²) in [4.78, 5) is 10.7. The van der Waals surface area contributed by atoms with Crippen LogP contribution in [0.25, 0.3) is 0 Å². The molecule has 0 saturated heterocycles. The van der Waals surface area contributed by atoms with Gasteiger partial charge in [0.1, 0.15) is 11.5 Å². The SMILES string of the molecule is Cc1cc(C(C)n2c(N)nnc2SCC(=O)O)c(C)o1. The van der Waals surface area contributed by atoms with Crippen molar-refractivity contribution in [2.24, 2.45) is 0 Å². The zero-order valence-electron chi connectivity index (χ0n) is 11.5. The highest BCUT2D eigenvalue weighted by Gasteiger charge is 2.21. The van der Waals surface area contributed by atoms with E-state index in [1.165, 1.54) is 0 Å². The third-order valence-electron chi connectivity index (χ3n) is 2.93. The molecule has 2 aromatic heterocycles. The number of aliphatic carboxylic acids is 1. The van der Waals surface area contributed by atoms with Gasteiger partial charge in [-0.25, -0.2) is 0 Å². The monoisotopic (exact) mass is 296 g/mol. The first kappa shape index (κ1) is 14.4. The Kier molecular flexibility index (Phi) is 4.03.